The second kappa shape index (κ2) is 7.99. The maximum absolute atomic E-state index is 10.3. The predicted octanol–water partition coefficient (Wildman–Crippen LogP) is 1.91. The standard InChI is InChI=1S/C13H19NO4Si/c1-4-16-19(17-5-2,18-6-3)13-9-7-8-12(10-13)14-11-15/h7-10H,4-6H2,1-3H3. The SMILES string of the molecule is CCO[Si](OCC)(OCC)c1cccc(N=C=O)c1. The zero-order valence-corrected chi connectivity index (χ0v) is 12.5. The Kier molecular flexibility index (Phi) is 6.62. The van der Waals surface area contributed by atoms with Gasteiger partial charge in [-0.05, 0) is 32.9 Å². The summed E-state index contributed by atoms with van der Waals surface area (Å²) in [6.45, 7) is 7.17. The fourth-order valence-electron chi connectivity index (χ4n) is 1.76. The number of nitrogens with zero attached hydrogens (tertiary/aromatic N) is 1. The molecule has 1 aromatic rings. The molecule has 0 aliphatic rings. The van der Waals surface area contributed by atoms with Crippen LogP contribution in [0.2, 0.25) is 0 Å². The molecular formula is C13H19NO4Si. The van der Waals surface area contributed by atoms with E-state index in [1.807, 2.05) is 26.8 Å². The molecule has 6 heteroatoms. The van der Waals surface area contributed by atoms with E-state index in [0.29, 0.717) is 25.5 Å². The average molecular weight is 281 g/mol. The number of hydrogen-bond donors (Lipinski definition) is 0. The average Bonchev–Trinajstić information content (AvgIpc) is 2.40. The predicted molar refractivity (Wildman–Crippen MR) is 74.5 cm³/mol. The van der Waals surface area contributed by atoms with Gasteiger partial charge in [-0.1, -0.05) is 12.1 Å². The van der Waals surface area contributed by atoms with Crippen LogP contribution in [-0.4, -0.2) is 34.7 Å². The first kappa shape index (κ1) is 15.8. The lowest BCUT2D eigenvalue weighted by Gasteiger charge is -2.28. The molecule has 1 rings (SSSR count). The molecule has 104 valence electrons. The molecule has 0 saturated carbocycles. The Balaban J connectivity index is 3.20. The minimum absolute atomic E-state index is 0.493. The Labute approximate surface area is 114 Å². The fraction of sp³-hybridized carbons (Fsp3) is 0.462. The van der Waals surface area contributed by atoms with Crippen LogP contribution < -0.4 is 5.19 Å². The van der Waals surface area contributed by atoms with Gasteiger partial charge < -0.3 is 13.3 Å². The van der Waals surface area contributed by atoms with Gasteiger partial charge in [-0.25, -0.2) is 4.79 Å². The van der Waals surface area contributed by atoms with Crippen LogP contribution in [0.4, 0.5) is 5.69 Å². The number of isocyanates is 1. The van der Waals surface area contributed by atoms with Crippen molar-refractivity contribution in [2.24, 2.45) is 4.99 Å². The monoisotopic (exact) mass is 281 g/mol. The summed E-state index contributed by atoms with van der Waals surface area (Å²) in [7, 11) is -2.92. The summed E-state index contributed by atoms with van der Waals surface area (Å²) in [5, 5.41) is 0.801. The van der Waals surface area contributed by atoms with E-state index in [9.17, 15) is 4.79 Å². The van der Waals surface area contributed by atoms with Crippen LogP contribution in [0.15, 0.2) is 29.3 Å². The number of carbonyl (C=O) groups excluding carboxylic acids is 1. The summed E-state index contributed by atoms with van der Waals surface area (Å²) in [4.78, 5) is 13.9. The maximum atomic E-state index is 10.3. The molecule has 0 bridgehead atoms. The lowest BCUT2D eigenvalue weighted by molar-refractivity contribution is 0.0859. The molecule has 0 N–H and O–H groups in total. The van der Waals surface area contributed by atoms with Crippen molar-refractivity contribution in [2.75, 3.05) is 19.8 Å². The van der Waals surface area contributed by atoms with Gasteiger partial charge in [0, 0.05) is 25.0 Å². The van der Waals surface area contributed by atoms with Gasteiger partial charge in [-0.3, -0.25) is 0 Å². The summed E-state index contributed by atoms with van der Waals surface area (Å²) < 4.78 is 17.4. The molecule has 0 fully saturated rings. The van der Waals surface area contributed by atoms with E-state index in [2.05, 4.69) is 4.99 Å². The molecule has 0 aromatic heterocycles. The van der Waals surface area contributed by atoms with Crippen molar-refractivity contribution in [1.82, 2.24) is 0 Å². The van der Waals surface area contributed by atoms with Crippen molar-refractivity contribution in [3.63, 3.8) is 0 Å². The molecule has 0 unspecified atom stereocenters. The normalized spacial score (nSPS) is 11.1. The first-order valence-electron chi connectivity index (χ1n) is 6.32. The van der Waals surface area contributed by atoms with Gasteiger partial charge >= 0.3 is 8.80 Å². The third-order valence-electron chi connectivity index (χ3n) is 2.38. The van der Waals surface area contributed by atoms with Crippen LogP contribution >= 0.6 is 0 Å². The summed E-state index contributed by atoms with van der Waals surface area (Å²) in [6.07, 6.45) is 1.53. The highest BCUT2D eigenvalue weighted by atomic mass is 28.4. The minimum Gasteiger partial charge on any atom is -0.370 e. The quantitative estimate of drug-likeness (QED) is 0.415. The second-order valence-corrected chi connectivity index (χ2v) is 6.16. The van der Waals surface area contributed by atoms with E-state index in [4.69, 9.17) is 13.3 Å². The third-order valence-corrected chi connectivity index (χ3v) is 5.40. The van der Waals surface area contributed by atoms with Crippen LogP contribution in [-0.2, 0) is 18.1 Å². The van der Waals surface area contributed by atoms with Gasteiger partial charge in [-0.2, -0.15) is 4.99 Å². The van der Waals surface area contributed by atoms with Crippen molar-refractivity contribution in [3.8, 4) is 0 Å². The molecule has 0 aliphatic heterocycles. The van der Waals surface area contributed by atoms with Crippen molar-refractivity contribution in [1.29, 1.82) is 0 Å². The Morgan fingerprint density at radius 2 is 1.68 bits per heavy atom. The van der Waals surface area contributed by atoms with Crippen LogP contribution in [0.1, 0.15) is 20.8 Å². The molecule has 19 heavy (non-hydrogen) atoms. The van der Waals surface area contributed by atoms with Crippen LogP contribution in [0.5, 0.6) is 0 Å². The van der Waals surface area contributed by atoms with Crippen molar-refractivity contribution < 1.29 is 18.1 Å². The number of benzene rings is 1. The number of rotatable bonds is 8. The topological polar surface area (TPSA) is 57.1 Å². The molecule has 0 atom stereocenters. The van der Waals surface area contributed by atoms with Crippen molar-refractivity contribution in [3.05, 3.63) is 24.3 Å². The van der Waals surface area contributed by atoms with E-state index in [1.54, 1.807) is 18.2 Å². The third kappa shape index (κ3) is 4.09. The summed E-state index contributed by atoms with van der Waals surface area (Å²) >= 11 is 0. The van der Waals surface area contributed by atoms with Gasteiger partial charge in [0.2, 0.25) is 6.08 Å². The van der Waals surface area contributed by atoms with Gasteiger partial charge in [0.25, 0.3) is 0 Å². The van der Waals surface area contributed by atoms with Crippen molar-refractivity contribution in [2.45, 2.75) is 20.8 Å². The molecule has 0 saturated heterocycles. The van der Waals surface area contributed by atoms with Crippen LogP contribution in [0, 0.1) is 0 Å². The Morgan fingerprint density at radius 1 is 1.11 bits per heavy atom. The van der Waals surface area contributed by atoms with Crippen molar-refractivity contribution >= 4 is 25.8 Å². The Bertz CT molecular complexity index is 429. The van der Waals surface area contributed by atoms with E-state index < -0.39 is 8.80 Å². The Hall–Kier alpha value is -1.30. The first-order chi connectivity index (χ1) is 9.22. The summed E-state index contributed by atoms with van der Waals surface area (Å²) in [5.74, 6) is 0. The number of hydrogen-bond acceptors (Lipinski definition) is 5. The smallest absolute Gasteiger partial charge is 0.370 e. The minimum atomic E-state index is -2.92. The van der Waals surface area contributed by atoms with E-state index in [-0.39, 0.29) is 0 Å². The van der Waals surface area contributed by atoms with Gasteiger partial charge in [0.05, 0.1) is 5.69 Å². The lowest BCUT2D eigenvalue weighted by Crippen LogP contribution is -2.56. The van der Waals surface area contributed by atoms with E-state index in [0.717, 1.165) is 5.19 Å². The van der Waals surface area contributed by atoms with Gasteiger partial charge in [0.1, 0.15) is 0 Å². The first-order valence-corrected chi connectivity index (χ1v) is 8.05. The lowest BCUT2D eigenvalue weighted by atomic mass is 10.3. The molecule has 0 radical (unpaired) electrons. The highest BCUT2D eigenvalue weighted by Crippen LogP contribution is 2.15. The molecule has 0 heterocycles. The number of aliphatic imine (C=N–C) groups is 1. The summed E-state index contributed by atoms with van der Waals surface area (Å²) in [5.41, 5.74) is 0.517. The largest absolute Gasteiger partial charge is 0.537 e. The van der Waals surface area contributed by atoms with Gasteiger partial charge in [-0.15, -0.1) is 0 Å². The second-order valence-electron chi connectivity index (χ2n) is 3.61. The van der Waals surface area contributed by atoms with Crippen LogP contribution in [0.3, 0.4) is 0 Å². The molecular weight excluding hydrogens is 262 g/mol. The molecule has 5 nitrogen and oxygen atoms in total. The molecule has 1 aromatic carbocycles. The molecule has 0 amide bonds. The molecule has 0 aliphatic carbocycles. The zero-order chi connectivity index (χ0) is 14.1. The van der Waals surface area contributed by atoms with E-state index in [1.165, 1.54) is 6.08 Å². The van der Waals surface area contributed by atoms with E-state index >= 15 is 0 Å². The maximum Gasteiger partial charge on any atom is 0.537 e. The van der Waals surface area contributed by atoms with Crippen LogP contribution in [0.25, 0.3) is 0 Å². The molecule has 0 spiro atoms. The fourth-order valence-corrected chi connectivity index (χ4v) is 4.28. The Morgan fingerprint density at radius 3 is 2.16 bits per heavy atom. The highest BCUT2D eigenvalue weighted by molar-refractivity contribution is 6.75. The highest BCUT2D eigenvalue weighted by Gasteiger charge is 2.43. The summed E-state index contributed by atoms with van der Waals surface area (Å²) in [6, 6.07) is 7.14. The zero-order valence-electron chi connectivity index (χ0n) is 11.5. The van der Waals surface area contributed by atoms with Gasteiger partial charge in [0.15, 0.2) is 0 Å².